The maximum Gasteiger partial charge on any atom is 0.156 e. The molecule has 1 aromatic carbocycles. The number of pyridine rings is 1. The summed E-state index contributed by atoms with van der Waals surface area (Å²) in [6.07, 6.45) is 0. The second kappa shape index (κ2) is 5.66. The van der Waals surface area contributed by atoms with E-state index in [1.807, 2.05) is 25.1 Å². The van der Waals surface area contributed by atoms with Crippen molar-refractivity contribution in [3.8, 4) is 11.3 Å². The summed E-state index contributed by atoms with van der Waals surface area (Å²) >= 11 is 6.13. The van der Waals surface area contributed by atoms with Crippen LogP contribution in [0.5, 0.6) is 0 Å². The molecule has 3 nitrogen and oxygen atoms in total. The molecule has 0 fully saturated rings. The number of halogens is 1. The minimum absolute atomic E-state index is 0.0952. The molecule has 0 bridgehead atoms. The van der Waals surface area contributed by atoms with Crippen molar-refractivity contribution in [3.05, 3.63) is 52.2 Å². The quantitative estimate of drug-likeness (QED) is 0.698. The molecule has 0 unspecified atom stereocenters. The van der Waals surface area contributed by atoms with Gasteiger partial charge in [-0.1, -0.05) is 38.4 Å². The molecular weight excluding hydrogens is 310 g/mol. The maximum absolute atomic E-state index is 9.35. The van der Waals surface area contributed by atoms with E-state index in [0.717, 1.165) is 38.5 Å². The van der Waals surface area contributed by atoms with Crippen LogP contribution in [0.4, 0.5) is 0 Å². The van der Waals surface area contributed by atoms with Gasteiger partial charge < -0.3 is 9.52 Å². The van der Waals surface area contributed by atoms with Crippen molar-refractivity contribution in [3.63, 3.8) is 0 Å². The number of nitrogens with zero attached hydrogens (tertiary/aromatic N) is 1. The average Bonchev–Trinajstić information content (AvgIpc) is 2.90. The van der Waals surface area contributed by atoms with Gasteiger partial charge in [-0.2, -0.15) is 0 Å². The molecule has 0 atom stereocenters. The first-order chi connectivity index (χ1) is 10.8. The van der Waals surface area contributed by atoms with Gasteiger partial charge >= 0.3 is 0 Å². The highest BCUT2D eigenvalue weighted by Crippen LogP contribution is 2.35. The molecule has 3 rings (SSSR count). The highest BCUT2D eigenvalue weighted by atomic mass is 35.5. The molecule has 0 radical (unpaired) electrons. The Kier molecular flexibility index (Phi) is 3.95. The molecule has 0 aliphatic rings. The van der Waals surface area contributed by atoms with E-state index in [0.29, 0.717) is 5.76 Å². The minimum Gasteiger partial charge on any atom is -0.457 e. The van der Waals surface area contributed by atoms with Crippen LogP contribution in [-0.4, -0.2) is 10.1 Å². The summed E-state index contributed by atoms with van der Waals surface area (Å²) in [5.41, 5.74) is 5.41. The molecule has 0 amide bonds. The second-order valence-electron chi connectivity index (χ2n) is 6.85. The lowest BCUT2D eigenvalue weighted by Crippen LogP contribution is -2.12. The predicted molar refractivity (Wildman–Crippen MR) is 93.8 cm³/mol. The van der Waals surface area contributed by atoms with E-state index in [4.69, 9.17) is 21.0 Å². The smallest absolute Gasteiger partial charge is 0.156 e. The zero-order valence-corrected chi connectivity index (χ0v) is 14.5. The third-order valence-electron chi connectivity index (χ3n) is 3.95. The van der Waals surface area contributed by atoms with Gasteiger partial charge in [-0.15, -0.1) is 0 Å². The van der Waals surface area contributed by atoms with Crippen LogP contribution in [0.25, 0.3) is 22.4 Å². The maximum atomic E-state index is 9.35. The largest absolute Gasteiger partial charge is 0.457 e. The predicted octanol–water partition coefficient (Wildman–Crippen LogP) is 5.25. The third-order valence-corrected chi connectivity index (χ3v) is 4.37. The highest BCUT2D eigenvalue weighted by molar-refractivity contribution is 6.31. The van der Waals surface area contributed by atoms with E-state index < -0.39 is 0 Å². The Morgan fingerprint density at radius 1 is 1.17 bits per heavy atom. The molecule has 1 N–H and O–H groups in total. The molecule has 0 saturated heterocycles. The fourth-order valence-electron chi connectivity index (χ4n) is 2.66. The number of aliphatic hydroxyl groups is 1. The first-order valence-corrected chi connectivity index (χ1v) is 7.98. The lowest BCUT2D eigenvalue weighted by Gasteiger charge is -2.20. The molecule has 0 aliphatic carbocycles. The summed E-state index contributed by atoms with van der Waals surface area (Å²) in [6, 6.07) is 9.77. The van der Waals surface area contributed by atoms with E-state index in [1.165, 1.54) is 0 Å². The molecule has 0 saturated carbocycles. The Morgan fingerprint density at radius 2 is 1.91 bits per heavy atom. The average molecular weight is 330 g/mol. The van der Waals surface area contributed by atoms with Crippen LogP contribution in [0.15, 0.2) is 34.7 Å². The van der Waals surface area contributed by atoms with Crippen LogP contribution in [-0.2, 0) is 12.0 Å². The zero-order chi connectivity index (χ0) is 16.8. The fourth-order valence-corrected chi connectivity index (χ4v) is 2.78. The number of aryl methyl sites for hydroxylation is 1. The SMILES string of the molecule is Cc1cc(-c2cc(C(C)(C)C)c3oc(CO)cc3n2)ccc1Cl. The van der Waals surface area contributed by atoms with Crippen LogP contribution in [0.1, 0.15) is 37.7 Å². The molecule has 3 aromatic rings. The number of fused-ring (bicyclic) bond motifs is 1. The van der Waals surface area contributed by atoms with Crippen LogP contribution in [0, 0.1) is 6.92 Å². The Morgan fingerprint density at radius 3 is 2.52 bits per heavy atom. The van der Waals surface area contributed by atoms with Gasteiger partial charge in [0, 0.05) is 22.2 Å². The fraction of sp³-hybridized carbons (Fsp3) is 0.316. The first-order valence-electron chi connectivity index (χ1n) is 7.61. The highest BCUT2D eigenvalue weighted by Gasteiger charge is 2.22. The van der Waals surface area contributed by atoms with E-state index in [1.54, 1.807) is 6.07 Å². The van der Waals surface area contributed by atoms with Gasteiger partial charge in [0.05, 0.1) is 5.69 Å². The Bertz CT molecular complexity index is 875. The van der Waals surface area contributed by atoms with Crippen LogP contribution in [0.2, 0.25) is 5.02 Å². The number of aliphatic hydroxyl groups excluding tert-OH is 1. The molecule has 120 valence electrons. The summed E-state index contributed by atoms with van der Waals surface area (Å²) in [5, 5.41) is 10.1. The Labute approximate surface area is 140 Å². The van der Waals surface area contributed by atoms with Crippen molar-refractivity contribution < 1.29 is 9.52 Å². The lowest BCUT2D eigenvalue weighted by atomic mass is 9.86. The zero-order valence-electron chi connectivity index (χ0n) is 13.8. The monoisotopic (exact) mass is 329 g/mol. The molecule has 0 spiro atoms. The van der Waals surface area contributed by atoms with Gasteiger partial charge in [-0.25, -0.2) is 4.98 Å². The van der Waals surface area contributed by atoms with E-state index >= 15 is 0 Å². The van der Waals surface area contributed by atoms with Gasteiger partial charge in [0.1, 0.15) is 17.9 Å². The number of furan rings is 1. The van der Waals surface area contributed by atoms with Crippen LogP contribution < -0.4 is 0 Å². The van der Waals surface area contributed by atoms with Crippen LogP contribution in [0.3, 0.4) is 0 Å². The molecule has 23 heavy (non-hydrogen) atoms. The van der Waals surface area contributed by atoms with E-state index in [9.17, 15) is 5.11 Å². The number of hydrogen-bond acceptors (Lipinski definition) is 3. The first kappa shape index (κ1) is 16.0. The number of benzene rings is 1. The molecule has 0 aliphatic heterocycles. The summed E-state index contributed by atoms with van der Waals surface area (Å²) < 4.78 is 5.77. The van der Waals surface area contributed by atoms with Crippen molar-refractivity contribution in [2.45, 2.75) is 39.7 Å². The van der Waals surface area contributed by atoms with E-state index in [-0.39, 0.29) is 12.0 Å². The van der Waals surface area contributed by atoms with Crippen molar-refractivity contribution in [1.29, 1.82) is 0 Å². The molecule has 4 heteroatoms. The standard InChI is InChI=1S/C19H20ClNO2/c1-11-7-12(5-6-15(11)20)16-9-14(19(2,3)4)18-17(21-16)8-13(10-22)23-18/h5-9,22H,10H2,1-4H3. The topological polar surface area (TPSA) is 46.3 Å². The molecule has 2 heterocycles. The van der Waals surface area contributed by atoms with Gasteiger partial charge in [0.2, 0.25) is 0 Å². The van der Waals surface area contributed by atoms with E-state index in [2.05, 4.69) is 26.8 Å². The van der Waals surface area contributed by atoms with Gasteiger partial charge in [-0.05, 0) is 36.1 Å². The van der Waals surface area contributed by atoms with Crippen molar-refractivity contribution >= 4 is 22.7 Å². The summed E-state index contributed by atoms with van der Waals surface area (Å²) in [7, 11) is 0. The molecular formula is C19H20ClNO2. The normalized spacial score (nSPS) is 12.1. The summed E-state index contributed by atoms with van der Waals surface area (Å²) in [5.74, 6) is 0.530. The van der Waals surface area contributed by atoms with Gasteiger partial charge in [-0.3, -0.25) is 0 Å². The summed E-state index contributed by atoms with van der Waals surface area (Å²) in [4.78, 5) is 4.71. The Hall–Kier alpha value is -1.84. The van der Waals surface area contributed by atoms with Gasteiger partial charge in [0.25, 0.3) is 0 Å². The summed E-state index contributed by atoms with van der Waals surface area (Å²) in [6.45, 7) is 8.27. The van der Waals surface area contributed by atoms with Crippen molar-refractivity contribution in [2.24, 2.45) is 0 Å². The molecule has 2 aromatic heterocycles. The lowest BCUT2D eigenvalue weighted by molar-refractivity contribution is 0.250. The number of hydrogen-bond donors (Lipinski definition) is 1. The minimum atomic E-state index is -0.130. The van der Waals surface area contributed by atoms with Crippen molar-refractivity contribution in [1.82, 2.24) is 4.98 Å². The second-order valence-corrected chi connectivity index (χ2v) is 7.26. The Balaban J connectivity index is 2.27. The number of aromatic nitrogens is 1. The number of rotatable bonds is 2. The van der Waals surface area contributed by atoms with Gasteiger partial charge in [0.15, 0.2) is 5.58 Å². The van der Waals surface area contributed by atoms with Crippen molar-refractivity contribution in [2.75, 3.05) is 0 Å². The third kappa shape index (κ3) is 2.99. The van der Waals surface area contributed by atoms with Crippen LogP contribution >= 0.6 is 11.6 Å².